The van der Waals surface area contributed by atoms with Crippen LogP contribution in [0.2, 0.25) is 0 Å². The van der Waals surface area contributed by atoms with Gasteiger partial charge in [0.05, 0.1) is 11.6 Å². The van der Waals surface area contributed by atoms with Crippen LogP contribution in [0.25, 0.3) is 0 Å². The molecule has 1 aliphatic rings. The van der Waals surface area contributed by atoms with Gasteiger partial charge in [-0.2, -0.15) is 10.2 Å². The third kappa shape index (κ3) is 4.86. The monoisotopic (exact) mass is 429 g/mol. The van der Waals surface area contributed by atoms with Crippen LogP contribution in [0.5, 0.6) is 0 Å². The summed E-state index contributed by atoms with van der Waals surface area (Å²) in [6.07, 6.45) is 6.17. The van der Waals surface area contributed by atoms with Crippen molar-refractivity contribution in [3.8, 4) is 6.07 Å². The van der Waals surface area contributed by atoms with Gasteiger partial charge in [0.25, 0.3) is 0 Å². The highest BCUT2D eigenvalue weighted by Crippen LogP contribution is 2.26. The van der Waals surface area contributed by atoms with Crippen molar-refractivity contribution in [3.63, 3.8) is 0 Å². The number of nitrogens with one attached hydrogen (secondary N) is 2. The number of nitrogens with zero attached hydrogens (tertiary/aromatic N) is 5. The number of piperidine rings is 1. The maximum absolute atomic E-state index is 9.35. The van der Waals surface area contributed by atoms with E-state index in [1.54, 1.807) is 0 Å². The van der Waals surface area contributed by atoms with Gasteiger partial charge < -0.3 is 20.1 Å². The van der Waals surface area contributed by atoms with Crippen molar-refractivity contribution >= 4 is 23.3 Å². The standard InChI is InChI=1S/C25H31N7/c1-4-7-20-15-24(30-25(28-20)29-21-11-10-18(2)19(14-21)16-26)32-13-6-8-22(17-32)31(3)23-9-5-12-27-23/h5,9-12,14-15,22,27H,4,6-8,13,17H2,1-3H3,(H,28,29,30)/t22-/m1/s1. The number of hydrogen-bond acceptors (Lipinski definition) is 6. The molecule has 0 spiro atoms. The SMILES string of the molecule is CCCc1cc(N2CCC[C@@H](N(C)c3ccc[nH]3)C2)nc(Nc2ccc(C)c(C#N)c2)n1. The van der Waals surface area contributed by atoms with Gasteiger partial charge in [-0.05, 0) is 56.0 Å². The lowest BCUT2D eigenvalue weighted by atomic mass is 10.0. The highest BCUT2D eigenvalue weighted by atomic mass is 15.3. The summed E-state index contributed by atoms with van der Waals surface area (Å²) in [5.74, 6) is 2.68. The summed E-state index contributed by atoms with van der Waals surface area (Å²) in [5, 5.41) is 12.7. The van der Waals surface area contributed by atoms with Gasteiger partial charge in [0.2, 0.25) is 5.95 Å². The Morgan fingerprint density at radius 1 is 1.28 bits per heavy atom. The number of anilines is 4. The highest BCUT2D eigenvalue weighted by Gasteiger charge is 2.25. The third-order valence-corrected chi connectivity index (χ3v) is 6.12. The Morgan fingerprint density at radius 2 is 2.16 bits per heavy atom. The van der Waals surface area contributed by atoms with Crippen LogP contribution in [0.3, 0.4) is 0 Å². The predicted octanol–water partition coefficient (Wildman–Crippen LogP) is 4.79. The molecular formula is C25H31N7. The normalized spacial score (nSPS) is 15.9. The number of rotatable bonds is 7. The van der Waals surface area contributed by atoms with Crippen LogP contribution in [-0.4, -0.2) is 41.1 Å². The van der Waals surface area contributed by atoms with E-state index >= 15 is 0 Å². The average molecular weight is 430 g/mol. The fourth-order valence-corrected chi connectivity index (χ4v) is 4.25. The Bertz CT molecular complexity index is 1080. The van der Waals surface area contributed by atoms with Crippen molar-refractivity contribution in [1.82, 2.24) is 15.0 Å². The zero-order valence-electron chi connectivity index (χ0n) is 19.1. The molecule has 2 N–H and O–H groups in total. The first kappa shape index (κ1) is 21.7. The van der Waals surface area contributed by atoms with Gasteiger partial charge in [0.15, 0.2) is 0 Å². The second kappa shape index (κ2) is 9.73. The summed E-state index contributed by atoms with van der Waals surface area (Å²) < 4.78 is 0. The van der Waals surface area contributed by atoms with Gasteiger partial charge in [-0.15, -0.1) is 0 Å². The molecule has 4 rings (SSSR count). The molecule has 7 heteroatoms. The zero-order valence-corrected chi connectivity index (χ0v) is 19.1. The van der Waals surface area contributed by atoms with Crippen LogP contribution >= 0.6 is 0 Å². The molecule has 32 heavy (non-hydrogen) atoms. The van der Waals surface area contributed by atoms with Crippen LogP contribution < -0.4 is 15.1 Å². The van der Waals surface area contributed by atoms with Crippen LogP contribution in [0, 0.1) is 18.3 Å². The van der Waals surface area contributed by atoms with Crippen molar-refractivity contribution in [3.05, 3.63) is 59.4 Å². The van der Waals surface area contributed by atoms with E-state index in [1.165, 1.54) is 0 Å². The first-order valence-electron chi connectivity index (χ1n) is 11.3. The number of H-pyrrole nitrogens is 1. The average Bonchev–Trinajstić information content (AvgIpc) is 3.35. The number of hydrogen-bond donors (Lipinski definition) is 2. The summed E-state index contributed by atoms with van der Waals surface area (Å²) in [6, 6.07) is 14.7. The number of nitriles is 1. The van der Waals surface area contributed by atoms with Crippen molar-refractivity contribution in [2.45, 2.75) is 45.6 Å². The summed E-state index contributed by atoms with van der Waals surface area (Å²) in [5.41, 5.74) is 3.48. The highest BCUT2D eigenvalue weighted by molar-refractivity contribution is 5.59. The van der Waals surface area contributed by atoms with E-state index in [0.29, 0.717) is 17.6 Å². The Labute approximate surface area is 190 Å². The minimum atomic E-state index is 0.415. The second-order valence-electron chi connectivity index (χ2n) is 8.47. The van der Waals surface area contributed by atoms with Crippen molar-refractivity contribution < 1.29 is 0 Å². The van der Waals surface area contributed by atoms with Gasteiger partial charge in [0, 0.05) is 49.8 Å². The molecule has 1 fully saturated rings. The number of aryl methyl sites for hydroxylation is 2. The van der Waals surface area contributed by atoms with Crippen molar-refractivity contribution in [1.29, 1.82) is 5.26 Å². The topological polar surface area (TPSA) is 83.9 Å². The van der Waals surface area contributed by atoms with Gasteiger partial charge >= 0.3 is 0 Å². The molecule has 7 nitrogen and oxygen atoms in total. The third-order valence-electron chi connectivity index (χ3n) is 6.12. The van der Waals surface area contributed by atoms with Crippen LogP contribution in [0.1, 0.15) is 43.0 Å². The van der Waals surface area contributed by atoms with Gasteiger partial charge in [0.1, 0.15) is 11.6 Å². The number of benzene rings is 1. The van der Waals surface area contributed by atoms with E-state index in [2.05, 4.69) is 52.3 Å². The molecule has 1 aliphatic heterocycles. The molecule has 2 aromatic heterocycles. The molecule has 0 saturated carbocycles. The molecule has 0 amide bonds. The second-order valence-corrected chi connectivity index (χ2v) is 8.47. The van der Waals surface area contributed by atoms with E-state index in [-0.39, 0.29) is 0 Å². The Morgan fingerprint density at radius 3 is 2.91 bits per heavy atom. The van der Waals surface area contributed by atoms with Gasteiger partial charge in [-0.25, -0.2) is 4.98 Å². The summed E-state index contributed by atoms with van der Waals surface area (Å²) >= 11 is 0. The van der Waals surface area contributed by atoms with Gasteiger partial charge in [-0.3, -0.25) is 0 Å². The van der Waals surface area contributed by atoms with E-state index < -0.39 is 0 Å². The molecule has 0 unspecified atom stereocenters. The molecule has 0 radical (unpaired) electrons. The largest absolute Gasteiger partial charge is 0.356 e. The quantitative estimate of drug-likeness (QED) is 0.562. The Hall–Kier alpha value is -3.53. The number of likely N-dealkylation sites (N-methyl/N-ethyl adjacent to an activating group) is 1. The molecule has 3 heterocycles. The lowest BCUT2D eigenvalue weighted by Gasteiger charge is -2.38. The Kier molecular flexibility index (Phi) is 6.60. The molecular weight excluding hydrogens is 398 g/mol. The Balaban J connectivity index is 1.58. The molecule has 1 saturated heterocycles. The smallest absolute Gasteiger partial charge is 0.229 e. The fourth-order valence-electron chi connectivity index (χ4n) is 4.25. The minimum absolute atomic E-state index is 0.415. The molecule has 0 aliphatic carbocycles. The first-order chi connectivity index (χ1) is 15.6. The molecule has 1 atom stereocenters. The van der Waals surface area contributed by atoms with E-state index in [0.717, 1.165) is 67.4 Å². The maximum atomic E-state index is 9.35. The summed E-state index contributed by atoms with van der Waals surface area (Å²) in [7, 11) is 2.15. The van der Waals surface area contributed by atoms with Crippen molar-refractivity contribution in [2.24, 2.45) is 0 Å². The lowest BCUT2D eigenvalue weighted by Crippen LogP contribution is -2.47. The molecule has 3 aromatic rings. The minimum Gasteiger partial charge on any atom is -0.356 e. The lowest BCUT2D eigenvalue weighted by molar-refractivity contribution is 0.483. The van der Waals surface area contributed by atoms with Crippen molar-refractivity contribution in [2.75, 3.05) is 35.3 Å². The van der Waals surface area contributed by atoms with Crippen LogP contribution in [0.4, 0.5) is 23.3 Å². The first-order valence-corrected chi connectivity index (χ1v) is 11.3. The molecule has 0 bridgehead atoms. The summed E-state index contributed by atoms with van der Waals surface area (Å²) in [6.45, 7) is 6.01. The predicted molar refractivity (Wildman–Crippen MR) is 130 cm³/mol. The molecule has 1 aromatic carbocycles. The fraction of sp³-hybridized carbons (Fsp3) is 0.400. The zero-order chi connectivity index (χ0) is 22.5. The van der Waals surface area contributed by atoms with Gasteiger partial charge in [-0.1, -0.05) is 19.4 Å². The number of aromatic nitrogens is 3. The van der Waals surface area contributed by atoms with Crippen LogP contribution in [-0.2, 0) is 6.42 Å². The van der Waals surface area contributed by atoms with E-state index in [4.69, 9.17) is 9.97 Å². The van der Waals surface area contributed by atoms with Crippen LogP contribution in [0.15, 0.2) is 42.6 Å². The van der Waals surface area contributed by atoms with E-state index in [9.17, 15) is 5.26 Å². The summed E-state index contributed by atoms with van der Waals surface area (Å²) in [4.78, 5) is 17.6. The maximum Gasteiger partial charge on any atom is 0.229 e. The van der Waals surface area contributed by atoms with E-state index in [1.807, 2.05) is 37.4 Å². The molecule has 166 valence electrons. The number of aromatic amines is 1.